The van der Waals surface area contributed by atoms with Crippen LogP contribution in [-0.2, 0) is 0 Å². The van der Waals surface area contributed by atoms with Gasteiger partial charge in [0.15, 0.2) is 0 Å². The van der Waals surface area contributed by atoms with Crippen LogP contribution in [0.2, 0.25) is 0 Å². The number of nitrogens with one attached hydrogen (secondary N) is 1. The molecule has 0 aliphatic carbocycles. The smallest absolute Gasteiger partial charge is 0.0864 e. The van der Waals surface area contributed by atoms with Crippen molar-refractivity contribution in [1.82, 2.24) is 0 Å². The van der Waals surface area contributed by atoms with E-state index < -0.39 is 0 Å². The molecule has 0 fully saturated rings. The van der Waals surface area contributed by atoms with Crippen LogP contribution in [0.25, 0.3) is 0 Å². The van der Waals surface area contributed by atoms with E-state index in [-0.39, 0.29) is 23.9 Å². The number of hydrogen-bond acceptors (Lipinski definition) is 2. The molecular weight excluding hydrogens is 160 g/mol. The fourth-order valence-electron chi connectivity index (χ4n) is 0.567. The second-order valence-electron chi connectivity index (χ2n) is 3.26. The van der Waals surface area contributed by atoms with Gasteiger partial charge in [-0.05, 0) is 18.8 Å². The van der Waals surface area contributed by atoms with E-state index in [1.807, 2.05) is 6.92 Å². The zero-order valence-electron chi connectivity index (χ0n) is 7.64. The Balaban J connectivity index is 0. The van der Waals surface area contributed by atoms with Gasteiger partial charge in [-0.25, -0.2) is 10.4 Å². The minimum Gasteiger partial charge on any atom is -0.242 e. The van der Waals surface area contributed by atoms with Gasteiger partial charge in [0.2, 0.25) is 0 Å². The van der Waals surface area contributed by atoms with E-state index in [1.165, 1.54) is 0 Å². The van der Waals surface area contributed by atoms with Crippen molar-refractivity contribution in [1.29, 1.82) is 5.41 Å². The van der Waals surface area contributed by atoms with Crippen LogP contribution >= 0.6 is 12.4 Å². The highest BCUT2D eigenvalue weighted by atomic mass is 35.5. The molecule has 0 radical (unpaired) electrons. The lowest BCUT2D eigenvalue weighted by Gasteiger charge is -2.25. The molecule has 0 aliphatic heterocycles. The molecule has 3 heteroatoms. The van der Waals surface area contributed by atoms with Crippen LogP contribution < -0.4 is 0 Å². The van der Waals surface area contributed by atoms with Crippen LogP contribution in [0.1, 0.15) is 34.1 Å². The van der Waals surface area contributed by atoms with Gasteiger partial charge >= 0.3 is 0 Å². The van der Waals surface area contributed by atoms with Gasteiger partial charge in [0.1, 0.15) is 0 Å². The van der Waals surface area contributed by atoms with E-state index in [4.69, 9.17) is 5.41 Å². The molecule has 0 heterocycles. The molecule has 0 bridgehead atoms. The number of nitrogens with zero attached hydrogens (tertiary/aromatic N) is 1. The SMILES string of the molecule is CCC(C)(C)C(C)N=C=N.Cl. The van der Waals surface area contributed by atoms with Crippen LogP contribution in [0, 0.1) is 10.8 Å². The third-order valence-corrected chi connectivity index (χ3v) is 2.30. The molecule has 0 aromatic carbocycles. The Morgan fingerprint density at radius 1 is 1.55 bits per heavy atom. The van der Waals surface area contributed by atoms with E-state index in [0.29, 0.717) is 0 Å². The molecule has 0 amide bonds. The Bertz CT molecular complexity index is 148. The fraction of sp³-hybridized carbons (Fsp3) is 0.875. The highest BCUT2D eigenvalue weighted by Gasteiger charge is 2.22. The standard InChI is InChI=1S/C8H16N2.ClH/c1-5-8(3,4)7(2)10-6-9;/h7,9H,5H2,1-4H3;1H. The Kier molecular flexibility index (Phi) is 6.44. The molecule has 1 N–H and O–H groups in total. The van der Waals surface area contributed by atoms with Crippen LogP contribution in [-0.4, -0.2) is 12.1 Å². The average Bonchev–Trinajstić information content (AvgIpc) is 1.89. The Morgan fingerprint density at radius 3 is 2.27 bits per heavy atom. The molecular formula is C8H17ClN2. The van der Waals surface area contributed by atoms with Crippen molar-refractivity contribution in [3.05, 3.63) is 0 Å². The summed E-state index contributed by atoms with van der Waals surface area (Å²) in [6, 6.07) is 2.29. The van der Waals surface area contributed by atoms with E-state index in [0.717, 1.165) is 6.42 Å². The maximum Gasteiger partial charge on any atom is 0.0864 e. The Hall–Kier alpha value is -0.330. The second kappa shape index (κ2) is 5.34. The monoisotopic (exact) mass is 176 g/mol. The maximum absolute atomic E-state index is 6.67. The Labute approximate surface area is 75.0 Å². The summed E-state index contributed by atoms with van der Waals surface area (Å²) in [6.45, 7) is 8.46. The number of hydrogen-bond donors (Lipinski definition) is 1. The normalized spacial score (nSPS) is 12.7. The lowest BCUT2D eigenvalue weighted by atomic mass is 9.83. The third kappa shape index (κ3) is 4.18. The van der Waals surface area contributed by atoms with Gasteiger partial charge in [-0.15, -0.1) is 12.4 Å². The van der Waals surface area contributed by atoms with Crippen molar-refractivity contribution in [2.75, 3.05) is 0 Å². The number of aliphatic imine (C=N–C) groups is 1. The summed E-state index contributed by atoms with van der Waals surface area (Å²) < 4.78 is 0. The van der Waals surface area contributed by atoms with E-state index in [2.05, 4.69) is 31.8 Å². The van der Waals surface area contributed by atoms with E-state index in [1.54, 1.807) is 0 Å². The quantitative estimate of drug-likeness (QED) is 0.642. The van der Waals surface area contributed by atoms with Gasteiger partial charge in [0.05, 0.1) is 12.1 Å². The first-order valence-corrected chi connectivity index (χ1v) is 3.66. The van der Waals surface area contributed by atoms with E-state index >= 15 is 0 Å². The van der Waals surface area contributed by atoms with Crippen LogP contribution in [0.15, 0.2) is 4.99 Å². The Morgan fingerprint density at radius 2 is 2.00 bits per heavy atom. The van der Waals surface area contributed by atoms with Gasteiger partial charge in [0, 0.05) is 0 Å². The summed E-state index contributed by atoms with van der Waals surface area (Å²) in [7, 11) is 0. The summed E-state index contributed by atoms with van der Waals surface area (Å²) in [5.74, 6) is 0. The topological polar surface area (TPSA) is 36.2 Å². The highest BCUT2D eigenvalue weighted by molar-refractivity contribution is 5.85. The number of rotatable bonds is 3. The van der Waals surface area contributed by atoms with Gasteiger partial charge in [0.25, 0.3) is 0 Å². The minimum atomic E-state index is 0. The van der Waals surface area contributed by atoms with Crippen molar-refractivity contribution in [2.24, 2.45) is 10.4 Å². The largest absolute Gasteiger partial charge is 0.242 e. The van der Waals surface area contributed by atoms with Crippen LogP contribution in [0.3, 0.4) is 0 Å². The molecule has 0 saturated heterocycles. The van der Waals surface area contributed by atoms with Gasteiger partial charge < -0.3 is 0 Å². The first-order valence-electron chi connectivity index (χ1n) is 3.66. The summed E-state index contributed by atoms with van der Waals surface area (Å²) in [5, 5.41) is 6.67. The summed E-state index contributed by atoms with van der Waals surface area (Å²) in [4.78, 5) is 3.88. The number of halogens is 1. The minimum absolute atomic E-state index is 0. The molecule has 0 rings (SSSR count). The average molecular weight is 177 g/mol. The summed E-state index contributed by atoms with van der Waals surface area (Å²) >= 11 is 0. The molecule has 0 saturated carbocycles. The van der Waals surface area contributed by atoms with Crippen molar-refractivity contribution < 1.29 is 0 Å². The molecule has 11 heavy (non-hydrogen) atoms. The molecule has 0 aliphatic rings. The molecule has 0 aromatic heterocycles. The fourth-order valence-corrected chi connectivity index (χ4v) is 0.567. The zero-order chi connectivity index (χ0) is 8.20. The molecule has 66 valence electrons. The molecule has 2 nitrogen and oxygen atoms in total. The molecule has 0 aromatic rings. The van der Waals surface area contributed by atoms with Crippen molar-refractivity contribution >= 4 is 18.4 Å². The maximum atomic E-state index is 6.67. The van der Waals surface area contributed by atoms with Crippen molar-refractivity contribution in [2.45, 2.75) is 40.2 Å². The zero-order valence-corrected chi connectivity index (χ0v) is 8.46. The van der Waals surface area contributed by atoms with Crippen molar-refractivity contribution in [3.63, 3.8) is 0 Å². The molecule has 1 atom stereocenters. The van der Waals surface area contributed by atoms with Gasteiger partial charge in [-0.2, -0.15) is 0 Å². The lowest BCUT2D eigenvalue weighted by molar-refractivity contribution is 0.292. The van der Waals surface area contributed by atoms with Gasteiger partial charge in [-0.1, -0.05) is 20.8 Å². The van der Waals surface area contributed by atoms with Gasteiger partial charge in [-0.3, -0.25) is 0 Å². The lowest BCUT2D eigenvalue weighted by Crippen LogP contribution is -2.23. The highest BCUT2D eigenvalue weighted by Crippen LogP contribution is 2.26. The molecule has 1 unspecified atom stereocenters. The predicted molar refractivity (Wildman–Crippen MR) is 50.9 cm³/mol. The predicted octanol–water partition coefficient (Wildman–Crippen LogP) is 2.99. The summed E-state index contributed by atoms with van der Waals surface area (Å²) in [6.07, 6.45) is 1.08. The summed E-state index contributed by atoms with van der Waals surface area (Å²) in [5.41, 5.74) is 0.202. The first-order chi connectivity index (χ1) is 4.54. The third-order valence-electron chi connectivity index (χ3n) is 2.30. The van der Waals surface area contributed by atoms with E-state index in [9.17, 15) is 0 Å². The second-order valence-corrected chi connectivity index (χ2v) is 3.26. The molecule has 0 spiro atoms. The van der Waals surface area contributed by atoms with Crippen LogP contribution in [0.4, 0.5) is 0 Å². The first kappa shape index (κ1) is 13.3. The van der Waals surface area contributed by atoms with Crippen molar-refractivity contribution in [3.8, 4) is 0 Å². The van der Waals surface area contributed by atoms with Crippen LogP contribution in [0.5, 0.6) is 0 Å².